The van der Waals surface area contributed by atoms with Crippen LogP contribution in [0.3, 0.4) is 0 Å². The highest BCUT2D eigenvalue weighted by atomic mass is 32.2. The number of imidazole rings is 1. The lowest BCUT2D eigenvalue weighted by atomic mass is 10.1. The van der Waals surface area contributed by atoms with Crippen LogP contribution in [-0.4, -0.2) is 68.2 Å². The fourth-order valence-corrected chi connectivity index (χ4v) is 3.04. The molecule has 0 bridgehead atoms. The van der Waals surface area contributed by atoms with Gasteiger partial charge in [0.2, 0.25) is 11.0 Å². The van der Waals surface area contributed by atoms with E-state index in [-0.39, 0.29) is 17.1 Å². The molecule has 13 heteroatoms. The first kappa shape index (κ1) is 16.0. The molecule has 0 aliphatic carbocycles. The van der Waals surface area contributed by atoms with Crippen molar-refractivity contribution in [3.63, 3.8) is 0 Å². The summed E-state index contributed by atoms with van der Waals surface area (Å²) < 4.78 is 29.7. The summed E-state index contributed by atoms with van der Waals surface area (Å²) in [6.07, 6.45) is -3.73. The van der Waals surface area contributed by atoms with E-state index in [1.807, 2.05) is 0 Å². The minimum absolute atomic E-state index is 0.0450. The van der Waals surface area contributed by atoms with E-state index in [9.17, 15) is 18.6 Å². The van der Waals surface area contributed by atoms with Crippen molar-refractivity contribution in [1.82, 2.24) is 19.5 Å². The SMILES string of the molecule is Nc1nc(S(N)(=O)=O)c2ncn([C@@H]3O[C@H](CO)[C@@H](O)[C@@H]3O)c2n1. The Balaban J connectivity index is 2.16. The molecule has 1 saturated heterocycles. The summed E-state index contributed by atoms with van der Waals surface area (Å²) in [5.41, 5.74) is 5.29. The monoisotopic (exact) mass is 346 g/mol. The number of aliphatic hydroxyl groups excluding tert-OH is 3. The first-order valence-electron chi connectivity index (χ1n) is 6.39. The zero-order valence-electron chi connectivity index (χ0n) is 11.5. The molecule has 7 N–H and O–H groups in total. The number of anilines is 1. The van der Waals surface area contributed by atoms with Crippen molar-refractivity contribution in [2.75, 3.05) is 12.3 Å². The van der Waals surface area contributed by atoms with Gasteiger partial charge in [-0.2, -0.15) is 9.97 Å². The van der Waals surface area contributed by atoms with Crippen molar-refractivity contribution in [1.29, 1.82) is 0 Å². The van der Waals surface area contributed by atoms with Crippen LogP contribution in [0.1, 0.15) is 6.23 Å². The fourth-order valence-electron chi connectivity index (χ4n) is 2.40. The smallest absolute Gasteiger partial charge is 0.258 e. The van der Waals surface area contributed by atoms with E-state index in [4.69, 9.17) is 20.7 Å². The predicted molar refractivity (Wildman–Crippen MR) is 74.1 cm³/mol. The summed E-state index contributed by atoms with van der Waals surface area (Å²) in [5.74, 6) is -0.366. The second-order valence-electron chi connectivity index (χ2n) is 4.98. The van der Waals surface area contributed by atoms with Gasteiger partial charge in [0.15, 0.2) is 11.9 Å². The van der Waals surface area contributed by atoms with E-state index in [0.717, 1.165) is 6.33 Å². The molecule has 0 unspecified atom stereocenters. The quantitative estimate of drug-likeness (QED) is 0.350. The van der Waals surface area contributed by atoms with Crippen molar-refractivity contribution < 1.29 is 28.5 Å². The van der Waals surface area contributed by atoms with Crippen LogP contribution >= 0.6 is 0 Å². The van der Waals surface area contributed by atoms with Gasteiger partial charge in [-0.05, 0) is 0 Å². The Labute approximate surface area is 129 Å². The van der Waals surface area contributed by atoms with Crippen LogP contribution in [0.5, 0.6) is 0 Å². The number of fused-ring (bicyclic) bond motifs is 1. The number of aromatic nitrogens is 4. The minimum Gasteiger partial charge on any atom is -0.394 e. The summed E-state index contributed by atoms with van der Waals surface area (Å²) in [5, 5.41) is 33.5. The van der Waals surface area contributed by atoms with E-state index in [2.05, 4.69) is 15.0 Å². The van der Waals surface area contributed by atoms with Crippen LogP contribution in [0.2, 0.25) is 0 Å². The molecule has 2 aromatic heterocycles. The number of sulfonamides is 1. The number of aliphatic hydroxyl groups is 3. The number of rotatable bonds is 3. The van der Waals surface area contributed by atoms with Gasteiger partial charge in [0.25, 0.3) is 10.0 Å². The van der Waals surface area contributed by atoms with E-state index in [0.29, 0.717) is 0 Å². The molecule has 0 saturated carbocycles. The third-order valence-electron chi connectivity index (χ3n) is 3.47. The lowest BCUT2D eigenvalue weighted by Crippen LogP contribution is -2.33. The van der Waals surface area contributed by atoms with Crippen molar-refractivity contribution in [3.05, 3.63) is 6.33 Å². The fraction of sp³-hybridized carbons (Fsp3) is 0.500. The molecule has 2 aromatic rings. The Hall–Kier alpha value is -1.90. The molecule has 3 rings (SSSR count). The Morgan fingerprint density at radius 2 is 2.00 bits per heavy atom. The summed E-state index contributed by atoms with van der Waals surface area (Å²) in [4.78, 5) is 11.3. The summed E-state index contributed by atoms with van der Waals surface area (Å²) >= 11 is 0. The Morgan fingerprint density at radius 1 is 1.30 bits per heavy atom. The van der Waals surface area contributed by atoms with E-state index >= 15 is 0 Å². The van der Waals surface area contributed by atoms with Gasteiger partial charge in [-0.1, -0.05) is 0 Å². The molecular weight excluding hydrogens is 332 g/mol. The molecule has 1 fully saturated rings. The normalized spacial score (nSPS) is 28.5. The number of hydrogen-bond acceptors (Lipinski definition) is 10. The van der Waals surface area contributed by atoms with Gasteiger partial charge in [0.1, 0.15) is 23.8 Å². The number of primary sulfonamides is 1. The number of nitrogens with zero attached hydrogens (tertiary/aromatic N) is 4. The summed E-state index contributed by atoms with van der Waals surface area (Å²) in [6.45, 7) is -0.513. The van der Waals surface area contributed by atoms with Crippen LogP contribution in [0.15, 0.2) is 11.4 Å². The van der Waals surface area contributed by atoms with Crippen LogP contribution in [0.25, 0.3) is 11.2 Å². The van der Waals surface area contributed by atoms with Gasteiger partial charge in [0, 0.05) is 0 Å². The molecule has 0 aromatic carbocycles. The zero-order chi connectivity index (χ0) is 16.9. The molecule has 0 amide bonds. The van der Waals surface area contributed by atoms with Crippen LogP contribution < -0.4 is 10.9 Å². The standard InChI is InChI=1S/C10H14N6O6S/c11-10-14-7-4(8(15-10)23(12,20)21)13-2-16(7)9-6(19)5(18)3(1-17)22-9/h2-3,5-6,9,17-19H,1H2,(H2,11,14,15)(H2,12,20,21)/t3-,5-,6+,9-/m1/s1. The first-order chi connectivity index (χ1) is 10.7. The molecule has 12 nitrogen and oxygen atoms in total. The van der Waals surface area contributed by atoms with Gasteiger partial charge < -0.3 is 25.8 Å². The van der Waals surface area contributed by atoms with E-state index in [1.165, 1.54) is 4.57 Å². The average molecular weight is 346 g/mol. The molecule has 126 valence electrons. The van der Waals surface area contributed by atoms with Gasteiger partial charge in [-0.3, -0.25) is 4.57 Å². The maximum absolute atomic E-state index is 11.6. The summed E-state index contributed by atoms with van der Waals surface area (Å²) in [7, 11) is -4.20. The third kappa shape index (κ3) is 2.52. The topological polar surface area (TPSA) is 200 Å². The Kier molecular flexibility index (Phi) is 3.70. The summed E-state index contributed by atoms with van der Waals surface area (Å²) in [6, 6.07) is 0. The maximum Gasteiger partial charge on any atom is 0.258 e. The van der Waals surface area contributed by atoms with Gasteiger partial charge in [-0.25, -0.2) is 18.5 Å². The first-order valence-corrected chi connectivity index (χ1v) is 7.94. The van der Waals surface area contributed by atoms with Crippen molar-refractivity contribution in [3.8, 4) is 0 Å². The van der Waals surface area contributed by atoms with Crippen molar-refractivity contribution in [2.24, 2.45) is 5.14 Å². The van der Waals surface area contributed by atoms with Gasteiger partial charge >= 0.3 is 0 Å². The maximum atomic E-state index is 11.6. The largest absolute Gasteiger partial charge is 0.394 e. The average Bonchev–Trinajstić information content (AvgIpc) is 3.00. The van der Waals surface area contributed by atoms with E-state index < -0.39 is 46.2 Å². The van der Waals surface area contributed by atoms with Crippen LogP contribution in [0, 0.1) is 0 Å². The Morgan fingerprint density at radius 3 is 2.57 bits per heavy atom. The number of hydrogen-bond donors (Lipinski definition) is 5. The molecule has 0 spiro atoms. The second-order valence-corrected chi connectivity index (χ2v) is 6.46. The Bertz CT molecular complexity index is 853. The predicted octanol–water partition coefficient (Wildman–Crippen LogP) is -3.33. The van der Waals surface area contributed by atoms with E-state index in [1.54, 1.807) is 0 Å². The molecule has 1 aliphatic heterocycles. The lowest BCUT2D eigenvalue weighted by Gasteiger charge is -2.16. The van der Waals surface area contributed by atoms with Gasteiger partial charge in [0.05, 0.1) is 12.9 Å². The molecule has 1 aliphatic rings. The molecule has 4 atom stereocenters. The number of ether oxygens (including phenoxy) is 1. The van der Waals surface area contributed by atoms with Crippen molar-refractivity contribution >= 4 is 27.1 Å². The minimum atomic E-state index is -4.20. The molecule has 23 heavy (non-hydrogen) atoms. The zero-order valence-corrected chi connectivity index (χ0v) is 12.3. The number of nitrogens with two attached hydrogens (primary N) is 2. The number of nitrogen functional groups attached to an aromatic ring is 1. The van der Waals surface area contributed by atoms with Crippen LogP contribution in [0.4, 0.5) is 5.95 Å². The molecular formula is C10H14N6O6S. The highest BCUT2D eigenvalue weighted by molar-refractivity contribution is 7.89. The molecule has 3 heterocycles. The highest BCUT2D eigenvalue weighted by Gasteiger charge is 2.44. The molecule has 0 radical (unpaired) electrons. The van der Waals surface area contributed by atoms with Crippen molar-refractivity contribution in [2.45, 2.75) is 29.6 Å². The second kappa shape index (κ2) is 5.33. The van der Waals surface area contributed by atoms with Crippen LogP contribution in [-0.2, 0) is 14.8 Å². The van der Waals surface area contributed by atoms with Gasteiger partial charge in [-0.15, -0.1) is 0 Å². The lowest BCUT2D eigenvalue weighted by molar-refractivity contribution is -0.0511. The highest BCUT2D eigenvalue weighted by Crippen LogP contribution is 2.32. The third-order valence-corrected chi connectivity index (χ3v) is 4.29.